The Morgan fingerprint density at radius 1 is 0.840 bits per heavy atom. The van der Waals surface area contributed by atoms with E-state index in [4.69, 9.17) is 9.47 Å². The molecule has 0 saturated carbocycles. The molecule has 146 valence electrons. The number of ether oxygens (including phenoxy) is 2. The zero-order chi connectivity index (χ0) is 19.3. The van der Waals surface area contributed by atoms with Crippen molar-refractivity contribution in [2.24, 2.45) is 5.92 Å². The van der Waals surface area contributed by atoms with Crippen LogP contribution in [0.5, 0.6) is 0 Å². The van der Waals surface area contributed by atoms with Crippen LogP contribution in [0.15, 0.2) is 10.2 Å². The van der Waals surface area contributed by atoms with Crippen LogP contribution in [0.2, 0.25) is 13.3 Å². The van der Waals surface area contributed by atoms with Gasteiger partial charge in [-0.25, -0.2) is 0 Å². The molecular weight excluding hydrogens is 423 g/mol. The van der Waals surface area contributed by atoms with E-state index in [1.807, 2.05) is 0 Å². The Morgan fingerprint density at radius 2 is 1.20 bits per heavy atom. The molecule has 0 rings (SSSR count). The Bertz CT molecular complexity index is 382. The van der Waals surface area contributed by atoms with Crippen molar-refractivity contribution in [1.82, 2.24) is 0 Å². The monoisotopic (exact) mass is 462 g/mol. The quantitative estimate of drug-likeness (QED) is 0.201. The third-order valence-electron chi connectivity index (χ3n) is 5.20. The first-order valence-corrected chi connectivity index (χ1v) is 17.2. The summed E-state index contributed by atoms with van der Waals surface area (Å²) in [5.41, 5.74) is 0. The van der Waals surface area contributed by atoms with E-state index in [1.54, 1.807) is 0 Å². The van der Waals surface area contributed by atoms with Gasteiger partial charge in [-0.15, -0.1) is 0 Å². The molecule has 0 bridgehead atoms. The van der Waals surface area contributed by atoms with Crippen molar-refractivity contribution in [2.75, 3.05) is 14.2 Å². The summed E-state index contributed by atoms with van der Waals surface area (Å²) in [4.78, 5) is 24.2. The second-order valence-electron chi connectivity index (χ2n) is 7.00. The van der Waals surface area contributed by atoms with E-state index in [9.17, 15) is 9.59 Å². The van der Waals surface area contributed by atoms with Gasteiger partial charge in [0.15, 0.2) is 0 Å². The van der Waals surface area contributed by atoms with E-state index in [1.165, 1.54) is 69.6 Å². The molecule has 0 aliphatic rings. The summed E-state index contributed by atoms with van der Waals surface area (Å²) in [6.07, 6.45) is 7.63. The normalized spacial score (nSPS) is 11.4. The molecule has 0 unspecified atom stereocenters. The fraction of sp³-hybridized carbons (Fsp3) is 0.800. The van der Waals surface area contributed by atoms with Crippen molar-refractivity contribution < 1.29 is 19.1 Å². The average Bonchev–Trinajstić information content (AvgIpc) is 2.64. The first-order chi connectivity index (χ1) is 11.9. The maximum absolute atomic E-state index is 12.1. The van der Waals surface area contributed by atoms with Gasteiger partial charge in [-0.3, -0.25) is 0 Å². The van der Waals surface area contributed by atoms with Crippen LogP contribution in [0.3, 0.4) is 0 Å². The summed E-state index contributed by atoms with van der Waals surface area (Å²) >= 11 is -2.65. The number of rotatable bonds is 14. The van der Waals surface area contributed by atoms with Crippen molar-refractivity contribution in [2.45, 2.75) is 79.0 Å². The van der Waals surface area contributed by atoms with Gasteiger partial charge in [-0.1, -0.05) is 0 Å². The van der Waals surface area contributed by atoms with Crippen LogP contribution in [0.4, 0.5) is 0 Å². The Kier molecular flexibility index (Phi) is 13.4. The number of methoxy groups -OCH3 is 2. The molecule has 0 aliphatic heterocycles. The van der Waals surface area contributed by atoms with Gasteiger partial charge in [0.25, 0.3) is 0 Å². The molecule has 0 amide bonds. The topological polar surface area (TPSA) is 52.6 Å². The van der Waals surface area contributed by atoms with Crippen molar-refractivity contribution in [3.63, 3.8) is 0 Å². The van der Waals surface area contributed by atoms with Crippen LogP contribution in [0.25, 0.3) is 0 Å². The van der Waals surface area contributed by atoms with Crippen molar-refractivity contribution >= 4 is 30.3 Å². The van der Waals surface area contributed by atoms with E-state index in [0.717, 1.165) is 0 Å². The van der Waals surface area contributed by atoms with Crippen LogP contribution in [0.1, 0.15) is 65.7 Å². The Hall–Kier alpha value is -0.521. The molecule has 0 aromatic carbocycles. The fourth-order valence-electron chi connectivity index (χ4n) is 3.46. The second kappa shape index (κ2) is 13.7. The Balaban J connectivity index is 5.50. The zero-order valence-corrected chi connectivity index (χ0v) is 19.8. The standard InChI is InChI=1S/C8H11O4.3C4H9.Sn/c1-4-5-6(7(9)11-2)8(10)12-3;3*1-3-4-2;/h6H,1,5H2,2-3H3;3*1,3-4H2,2H3;. The van der Waals surface area contributed by atoms with E-state index in [0.29, 0.717) is 6.42 Å². The van der Waals surface area contributed by atoms with Gasteiger partial charge in [0.1, 0.15) is 0 Å². The van der Waals surface area contributed by atoms with Gasteiger partial charge in [-0.05, 0) is 0 Å². The summed E-state index contributed by atoms with van der Waals surface area (Å²) in [6, 6.07) is 0. The summed E-state index contributed by atoms with van der Waals surface area (Å²) < 4.78 is 14.7. The molecule has 0 aromatic rings. The summed E-state index contributed by atoms with van der Waals surface area (Å²) in [6.45, 7) is 11.1. The molecule has 25 heavy (non-hydrogen) atoms. The van der Waals surface area contributed by atoms with Crippen molar-refractivity contribution in [3.05, 3.63) is 10.2 Å². The summed E-state index contributed by atoms with van der Waals surface area (Å²) in [5.74, 6) is -1.87. The molecule has 0 aliphatic carbocycles. The van der Waals surface area contributed by atoms with E-state index < -0.39 is 36.2 Å². The molecule has 0 heterocycles. The Morgan fingerprint density at radius 3 is 1.48 bits per heavy atom. The SMILES string of the molecule is C=[C](CC(C(=O)OC)C(=O)OC)[Sn]([CH2]CCC)([CH2]CCC)[CH2]CCC. The zero-order valence-electron chi connectivity index (χ0n) is 17.0. The number of carbonyl (C=O) groups is 2. The first-order valence-electron chi connectivity index (χ1n) is 9.76. The van der Waals surface area contributed by atoms with Crippen LogP contribution in [-0.2, 0) is 19.1 Å². The molecule has 0 N–H and O–H groups in total. The van der Waals surface area contributed by atoms with E-state index in [-0.39, 0.29) is 0 Å². The number of carbonyl (C=O) groups excluding carboxylic acids is 2. The minimum atomic E-state index is -2.65. The van der Waals surface area contributed by atoms with E-state index >= 15 is 0 Å². The van der Waals surface area contributed by atoms with Gasteiger partial charge in [0, 0.05) is 0 Å². The number of unbranched alkanes of at least 4 members (excludes halogenated alkanes) is 3. The molecular formula is C20H38O4Sn. The Labute approximate surface area is 158 Å². The number of hydrogen-bond acceptors (Lipinski definition) is 4. The van der Waals surface area contributed by atoms with Crippen LogP contribution in [-0.4, -0.2) is 44.5 Å². The average molecular weight is 461 g/mol. The predicted molar refractivity (Wildman–Crippen MR) is 106 cm³/mol. The van der Waals surface area contributed by atoms with Gasteiger partial charge in [0.05, 0.1) is 0 Å². The number of esters is 2. The van der Waals surface area contributed by atoms with Gasteiger partial charge in [-0.2, -0.15) is 0 Å². The van der Waals surface area contributed by atoms with Crippen LogP contribution in [0, 0.1) is 5.92 Å². The third-order valence-corrected chi connectivity index (χ3v) is 21.3. The molecule has 0 aromatic heterocycles. The van der Waals surface area contributed by atoms with Crippen LogP contribution >= 0.6 is 0 Å². The molecule has 0 fully saturated rings. The van der Waals surface area contributed by atoms with Gasteiger partial charge in [0.2, 0.25) is 0 Å². The molecule has 0 radical (unpaired) electrons. The fourth-order valence-corrected chi connectivity index (χ4v) is 19.3. The minimum absolute atomic E-state index is 0.409. The molecule has 0 atom stereocenters. The molecule has 0 spiro atoms. The number of hydrogen-bond donors (Lipinski definition) is 0. The molecule has 0 saturated heterocycles. The molecule has 4 nitrogen and oxygen atoms in total. The van der Waals surface area contributed by atoms with Gasteiger partial charge >= 0.3 is 159 Å². The predicted octanol–water partition coefficient (Wildman–Crippen LogP) is 5.28. The molecule has 5 heteroatoms. The van der Waals surface area contributed by atoms with Crippen molar-refractivity contribution in [3.8, 4) is 0 Å². The second-order valence-corrected chi connectivity index (χ2v) is 20.6. The van der Waals surface area contributed by atoms with Crippen LogP contribution < -0.4 is 0 Å². The first kappa shape index (κ1) is 24.5. The third kappa shape index (κ3) is 8.14. The van der Waals surface area contributed by atoms with E-state index in [2.05, 4.69) is 27.4 Å². The number of allylic oxidation sites excluding steroid dienone is 1. The van der Waals surface area contributed by atoms with Gasteiger partial charge < -0.3 is 0 Å². The van der Waals surface area contributed by atoms with Crippen molar-refractivity contribution in [1.29, 1.82) is 0 Å². The summed E-state index contributed by atoms with van der Waals surface area (Å²) in [7, 11) is 2.64. The summed E-state index contributed by atoms with van der Waals surface area (Å²) in [5, 5.41) is 0. The maximum atomic E-state index is 12.1.